The zero-order chi connectivity index (χ0) is 12.0. The Morgan fingerprint density at radius 1 is 1.06 bits per heavy atom. The van der Waals surface area contributed by atoms with Crippen molar-refractivity contribution in [1.29, 1.82) is 0 Å². The Kier molecular flexibility index (Phi) is 5.54. The molecule has 0 saturated carbocycles. The normalized spacial score (nSPS) is 12.8. The Balaban J connectivity index is 2.68. The summed E-state index contributed by atoms with van der Waals surface area (Å²) in [6.45, 7) is 9.86. The largest absolute Gasteiger partial charge is 0.314 e. The molecular formula is C15H25N. The van der Waals surface area contributed by atoms with Crippen LogP contribution in [0.15, 0.2) is 18.2 Å². The second-order valence-electron chi connectivity index (χ2n) is 4.74. The summed E-state index contributed by atoms with van der Waals surface area (Å²) in [5.74, 6) is 0. The van der Waals surface area contributed by atoms with Gasteiger partial charge in [0.05, 0.1) is 0 Å². The molecular weight excluding hydrogens is 194 g/mol. The van der Waals surface area contributed by atoms with E-state index >= 15 is 0 Å². The molecule has 1 heteroatoms. The van der Waals surface area contributed by atoms with Gasteiger partial charge in [0.1, 0.15) is 0 Å². The van der Waals surface area contributed by atoms with E-state index in [1.54, 1.807) is 0 Å². The van der Waals surface area contributed by atoms with Crippen LogP contribution in [0.25, 0.3) is 0 Å². The van der Waals surface area contributed by atoms with Gasteiger partial charge < -0.3 is 5.32 Å². The third kappa shape index (κ3) is 4.36. The van der Waals surface area contributed by atoms with Gasteiger partial charge in [-0.2, -0.15) is 0 Å². The molecule has 1 rings (SSSR count). The monoisotopic (exact) mass is 219 g/mol. The molecule has 0 bridgehead atoms. The summed E-state index contributed by atoms with van der Waals surface area (Å²) in [5.41, 5.74) is 4.22. The predicted octanol–water partition coefficient (Wildman–Crippen LogP) is 3.62. The Morgan fingerprint density at radius 3 is 2.19 bits per heavy atom. The third-order valence-corrected chi connectivity index (χ3v) is 2.89. The number of hydrogen-bond donors (Lipinski definition) is 1. The zero-order valence-corrected chi connectivity index (χ0v) is 11.1. The van der Waals surface area contributed by atoms with Crippen LogP contribution < -0.4 is 5.32 Å². The van der Waals surface area contributed by atoms with Gasteiger partial charge in [-0.05, 0) is 38.8 Å². The summed E-state index contributed by atoms with van der Waals surface area (Å²) in [4.78, 5) is 0. The lowest BCUT2D eigenvalue weighted by Gasteiger charge is -2.17. The first-order valence-corrected chi connectivity index (χ1v) is 6.46. The average molecular weight is 219 g/mol. The second kappa shape index (κ2) is 6.70. The molecule has 0 heterocycles. The highest BCUT2D eigenvalue weighted by Crippen LogP contribution is 2.12. The summed E-state index contributed by atoms with van der Waals surface area (Å²) < 4.78 is 0. The average Bonchev–Trinajstić information content (AvgIpc) is 2.16. The first-order chi connectivity index (χ1) is 7.65. The number of nitrogens with one attached hydrogen (secondary N) is 1. The fraction of sp³-hybridized carbons (Fsp3) is 0.600. The van der Waals surface area contributed by atoms with E-state index in [4.69, 9.17) is 0 Å². The predicted molar refractivity (Wildman–Crippen MR) is 72.0 cm³/mol. The molecule has 0 aromatic heterocycles. The highest BCUT2D eigenvalue weighted by atomic mass is 14.9. The molecule has 1 N–H and O–H groups in total. The van der Waals surface area contributed by atoms with Gasteiger partial charge >= 0.3 is 0 Å². The van der Waals surface area contributed by atoms with Gasteiger partial charge in [-0.15, -0.1) is 0 Å². The van der Waals surface area contributed by atoms with E-state index in [9.17, 15) is 0 Å². The van der Waals surface area contributed by atoms with Crippen molar-refractivity contribution in [3.8, 4) is 0 Å². The number of benzene rings is 1. The van der Waals surface area contributed by atoms with Crippen LogP contribution in [0.4, 0.5) is 0 Å². The smallest absolute Gasteiger partial charge is 0.0107 e. The molecule has 0 saturated heterocycles. The minimum atomic E-state index is 0.635. The van der Waals surface area contributed by atoms with E-state index in [1.165, 1.54) is 29.5 Å². The van der Waals surface area contributed by atoms with Crippen LogP contribution in [0.2, 0.25) is 0 Å². The van der Waals surface area contributed by atoms with Crippen molar-refractivity contribution in [1.82, 2.24) is 5.32 Å². The number of aryl methyl sites for hydroxylation is 2. The lowest BCUT2D eigenvalue weighted by molar-refractivity contribution is 0.485. The van der Waals surface area contributed by atoms with Crippen molar-refractivity contribution in [2.75, 3.05) is 6.54 Å². The fourth-order valence-electron chi connectivity index (χ4n) is 2.38. The number of likely N-dealkylation sites (N-methyl/N-ethyl adjacent to an activating group) is 1. The van der Waals surface area contributed by atoms with Crippen LogP contribution in [-0.2, 0) is 6.42 Å². The molecule has 90 valence electrons. The van der Waals surface area contributed by atoms with E-state index < -0.39 is 0 Å². The number of hydrogen-bond acceptors (Lipinski definition) is 1. The maximum absolute atomic E-state index is 3.57. The first kappa shape index (κ1) is 13.2. The Morgan fingerprint density at radius 2 is 1.69 bits per heavy atom. The van der Waals surface area contributed by atoms with Crippen molar-refractivity contribution in [3.05, 3.63) is 34.9 Å². The SMILES string of the molecule is CCCC(Cc1cc(C)cc(C)c1)NCC. The van der Waals surface area contributed by atoms with E-state index in [0.717, 1.165) is 13.0 Å². The molecule has 1 aromatic rings. The first-order valence-electron chi connectivity index (χ1n) is 6.46. The van der Waals surface area contributed by atoms with Gasteiger partial charge in [0.25, 0.3) is 0 Å². The number of rotatable bonds is 6. The van der Waals surface area contributed by atoms with Crippen molar-refractivity contribution >= 4 is 0 Å². The van der Waals surface area contributed by atoms with E-state index in [2.05, 4.69) is 51.2 Å². The van der Waals surface area contributed by atoms with Gasteiger partial charge in [0.15, 0.2) is 0 Å². The van der Waals surface area contributed by atoms with Crippen LogP contribution in [0.3, 0.4) is 0 Å². The Labute approximate surface area is 100 Å². The lowest BCUT2D eigenvalue weighted by Crippen LogP contribution is -2.30. The summed E-state index contributed by atoms with van der Waals surface area (Å²) in [7, 11) is 0. The standard InChI is InChI=1S/C15H25N/c1-5-7-15(16-6-2)11-14-9-12(3)8-13(4)10-14/h8-10,15-16H,5-7,11H2,1-4H3. The lowest BCUT2D eigenvalue weighted by atomic mass is 9.99. The van der Waals surface area contributed by atoms with Crippen LogP contribution in [0.1, 0.15) is 43.4 Å². The highest BCUT2D eigenvalue weighted by Gasteiger charge is 2.07. The van der Waals surface area contributed by atoms with Crippen LogP contribution in [0.5, 0.6) is 0 Å². The third-order valence-electron chi connectivity index (χ3n) is 2.89. The molecule has 1 unspecified atom stereocenters. The maximum atomic E-state index is 3.57. The quantitative estimate of drug-likeness (QED) is 0.770. The maximum Gasteiger partial charge on any atom is 0.0107 e. The Hall–Kier alpha value is -0.820. The molecule has 1 aromatic carbocycles. The Bertz CT molecular complexity index is 291. The van der Waals surface area contributed by atoms with E-state index in [-0.39, 0.29) is 0 Å². The summed E-state index contributed by atoms with van der Waals surface area (Å²) in [6.07, 6.45) is 3.67. The molecule has 0 radical (unpaired) electrons. The van der Waals surface area contributed by atoms with Crippen LogP contribution in [-0.4, -0.2) is 12.6 Å². The van der Waals surface area contributed by atoms with Gasteiger partial charge in [-0.3, -0.25) is 0 Å². The molecule has 1 nitrogen and oxygen atoms in total. The molecule has 16 heavy (non-hydrogen) atoms. The topological polar surface area (TPSA) is 12.0 Å². The zero-order valence-electron chi connectivity index (χ0n) is 11.1. The van der Waals surface area contributed by atoms with Crippen molar-refractivity contribution < 1.29 is 0 Å². The van der Waals surface area contributed by atoms with Crippen molar-refractivity contribution in [3.63, 3.8) is 0 Å². The van der Waals surface area contributed by atoms with Gasteiger partial charge in [0.2, 0.25) is 0 Å². The minimum Gasteiger partial charge on any atom is -0.314 e. The van der Waals surface area contributed by atoms with E-state index in [1.807, 2.05) is 0 Å². The molecule has 0 aliphatic carbocycles. The summed E-state index contributed by atoms with van der Waals surface area (Å²) in [6, 6.07) is 7.50. The second-order valence-corrected chi connectivity index (χ2v) is 4.74. The molecule has 1 atom stereocenters. The van der Waals surface area contributed by atoms with Gasteiger partial charge in [-0.1, -0.05) is 49.6 Å². The fourth-order valence-corrected chi connectivity index (χ4v) is 2.38. The van der Waals surface area contributed by atoms with Crippen molar-refractivity contribution in [2.24, 2.45) is 0 Å². The molecule has 0 aliphatic heterocycles. The van der Waals surface area contributed by atoms with Gasteiger partial charge in [0, 0.05) is 6.04 Å². The minimum absolute atomic E-state index is 0.635. The van der Waals surface area contributed by atoms with Gasteiger partial charge in [-0.25, -0.2) is 0 Å². The van der Waals surface area contributed by atoms with Crippen molar-refractivity contribution in [2.45, 2.75) is 53.0 Å². The molecule has 0 fully saturated rings. The molecule has 0 aliphatic rings. The summed E-state index contributed by atoms with van der Waals surface area (Å²) in [5, 5.41) is 3.57. The molecule has 0 amide bonds. The van der Waals surface area contributed by atoms with Crippen LogP contribution in [0, 0.1) is 13.8 Å². The van der Waals surface area contributed by atoms with E-state index in [0.29, 0.717) is 6.04 Å². The highest BCUT2D eigenvalue weighted by molar-refractivity contribution is 5.29. The van der Waals surface area contributed by atoms with Crippen LogP contribution >= 0.6 is 0 Å². The summed E-state index contributed by atoms with van der Waals surface area (Å²) >= 11 is 0. The molecule has 0 spiro atoms.